The molecule has 0 saturated carbocycles. The maximum absolute atomic E-state index is 8.31. The Balaban J connectivity index is 3.33. The summed E-state index contributed by atoms with van der Waals surface area (Å²) in [4.78, 5) is 4.22. The van der Waals surface area contributed by atoms with Crippen molar-refractivity contribution in [2.45, 2.75) is 32.3 Å². The highest BCUT2D eigenvalue weighted by Gasteiger charge is 2.16. The minimum Gasteiger partial charge on any atom is -0.251 e. The van der Waals surface area contributed by atoms with Crippen LogP contribution in [0.5, 0.6) is 0 Å². The van der Waals surface area contributed by atoms with Crippen molar-refractivity contribution in [1.82, 2.24) is 0 Å². The number of halogens is 1. The topological polar surface area (TPSA) is 29.5 Å². The van der Waals surface area contributed by atoms with Gasteiger partial charge in [-0.3, -0.25) is 5.26 Å². The highest BCUT2D eigenvalue weighted by molar-refractivity contribution is 9.09. The lowest BCUT2D eigenvalue weighted by molar-refractivity contribution is -0.314. The molecule has 0 fully saturated rings. The van der Waals surface area contributed by atoms with Gasteiger partial charge >= 0.3 is 0 Å². The Morgan fingerprint density at radius 2 is 2.11 bits per heavy atom. The fourth-order valence-electron chi connectivity index (χ4n) is 0.538. The lowest BCUT2D eigenvalue weighted by Gasteiger charge is -2.18. The van der Waals surface area contributed by atoms with Crippen molar-refractivity contribution in [2.75, 3.05) is 5.33 Å². The van der Waals surface area contributed by atoms with Crippen LogP contribution in [0.15, 0.2) is 0 Å². The van der Waals surface area contributed by atoms with E-state index in [2.05, 4.69) is 20.8 Å². The third-order valence-electron chi connectivity index (χ3n) is 1.16. The van der Waals surface area contributed by atoms with E-state index < -0.39 is 0 Å². The second-order valence-electron chi connectivity index (χ2n) is 2.64. The molecule has 0 atom stereocenters. The van der Waals surface area contributed by atoms with E-state index in [-0.39, 0.29) is 5.60 Å². The van der Waals surface area contributed by atoms with Gasteiger partial charge in [0.15, 0.2) is 0 Å². The summed E-state index contributed by atoms with van der Waals surface area (Å²) in [6.07, 6.45) is 1.89. The summed E-state index contributed by atoms with van der Waals surface area (Å²) in [5, 5.41) is 9.26. The van der Waals surface area contributed by atoms with Gasteiger partial charge in [-0.2, -0.15) is 0 Å². The third-order valence-corrected chi connectivity index (χ3v) is 1.72. The molecule has 0 aliphatic carbocycles. The van der Waals surface area contributed by atoms with E-state index in [4.69, 9.17) is 5.26 Å². The molecule has 0 rings (SSSR count). The van der Waals surface area contributed by atoms with Crippen LogP contribution < -0.4 is 0 Å². The average molecular weight is 197 g/mol. The van der Waals surface area contributed by atoms with Crippen molar-refractivity contribution >= 4 is 15.9 Å². The van der Waals surface area contributed by atoms with Crippen LogP contribution in [0.1, 0.15) is 26.7 Å². The zero-order valence-electron chi connectivity index (χ0n) is 5.85. The van der Waals surface area contributed by atoms with Crippen LogP contribution in [-0.4, -0.2) is 16.2 Å². The monoisotopic (exact) mass is 196 g/mol. The summed E-state index contributed by atoms with van der Waals surface area (Å²) in [7, 11) is 0. The Hall–Kier alpha value is 0.400. The second kappa shape index (κ2) is 4.25. The van der Waals surface area contributed by atoms with E-state index >= 15 is 0 Å². The van der Waals surface area contributed by atoms with Crippen molar-refractivity contribution in [2.24, 2.45) is 0 Å². The Bertz CT molecular complexity index is 73.5. The van der Waals surface area contributed by atoms with Crippen LogP contribution in [0.3, 0.4) is 0 Å². The SMILES string of the molecule is CC(C)(CCCBr)OO. The molecule has 0 unspecified atom stereocenters. The van der Waals surface area contributed by atoms with Gasteiger partial charge in [-0.15, -0.1) is 0 Å². The molecule has 0 saturated heterocycles. The van der Waals surface area contributed by atoms with Crippen LogP contribution in [0.25, 0.3) is 0 Å². The molecule has 0 amide bonds. The van der Waals surface area contributed by atoms with E-state index in [1.807, 2.05) is 13.8 Å². The first-order chi connectivity index (χ1) is 4.12. The minimum atomic E-state index is -0.381. The second-order valence-corrected chi connectivity index (χ2v) is 3.44. The van der Waals surface area contributed by atoms with Gasteiger partial charge in [-0.05, 0) is 26.7 Å². The maximum atomic E-state index is 8.31. The fraction of sp³-hybridized carbons (Fsp3) is 1.00. The predicted molar refractivity (Wildman–Crippen MR) is 40.8 cm³/mol. The van der Waals surface area contributed by atoms with Gasteiger partial charge in [-0.1, -0.05) is 15.9 Å². The largest absolute Gasteiger partial charge is 0.251 e. The quantitative estimate of drug-likeness (QED) is 0.426. The molecule has 9 heavy (non-hydrogen) atoms. The van der Waals surface area contributed by atoms with Gasteiger partial charge in [0.05, 0.1) is 5.60 Å². The molecular weight excluding hydrogens is 184 g/mol. The van der Waals surface area contributed by atoms with Crippen LogP contribution in [-0.2, 0) is 4.89 Å². The number of rotatable bonds is 4. The first-order valence-corrected chi connectivity index (χ1v) is 4.13. The van der Waals surface area contributed by atoms with Crippen molar-refractivity contribution in [1.29, 1.82) is 0 Å². The maximum Gasteiger partial charge on any atom is 0.0977 e. The Morgan fingerprint density at radius 3 is 2.44 bits per heavy atom. The summed E-state index contributed by atoms with van der Waals surface area (Å²) in [5.74, 6) is 0. The predicted octanol–water partition coefficient (Wildman–Crippen LogP) is 2.43. The van der Waals surface area contributed by atoms with Gasteiger partial charge in [0.2, 0.25) is 0 Å². The average Bonchev–Trinajstić information content (AvgIpc) is 1.84. The molecular formula is C6H13BrO2. The van der Waals surface area contributed by atoms with Crippen LogP contribution in [0, 0.1) is 0 Å². The van der Waals surface area contributed by atoms with E-state index in [0.29, 0.717) is 0 Å². The van der Waals surface area contributed by atoms with Gasteiger partial charge in [0.25, 0.3) is 0 Å². The van der Waals surface area contributed by atoms with Crippen molar-refractivity contribution in [3.63, 3.8) is 0 Å². The zero-order valence-corrected chi connectivity index (χ0v) is 7.44. The molecule has 1 N–H and O–H groups in total. The Kier molecular flexibility index (Phi) is 4.44. The first-order valence-electron chi connectivity index (χ1n) is 3.01. The van der Waals surface area contributed by atoms with Crippen LogP contribution in [0.4, 0.5) is 0 Å². The van der Waals surface area contributed by atoms with E-state index in [1.165, 1.54) is 0 Å². The Morgan fingerprint density at radius 1 is 1.56 bits per heavy atom. The van der Waals surface area contributed by atoms with Crippen molar-refractivity contribution in [3.8, 4) is 0 Å². The molecule has 0 aromatic heterocycles. The smallest absolute Gasteiger partial charge is 0.0977 e. The summed E-state index contributed by atoms with van der Waals surface area (Å²) < 4.78 is 0. The molecule has 2 nitrogen and oxygen atoms in total. The Labute approximate surface area is 64.3 Å². The molecule has 56 valence electrons. The molecule has 0 radical (unpaired) electrons. The van der Waals surface area contributed by atoms with E-state index in [0.717, 1.165) is 18.2 Å². The highest BCUT2D eigenvalue weighted by atomic mass is 79.9. The minimum absolute atomic E-state index is 0.381. The lowest BCUT2D eigenvalue weighted by Crippen LogP contribution is -2.22. The number of hydrogen-bond donors (Lipinski definition) is 1. The van der Waals surface area contributed by atoms with Crippen molar-refractivity contribution < 1.29 is 10.1 Å². The van der Waals surface area contributed by atoms with Gasteiger partial charge in [-0.25, -0.2) is 4.89 Å². The van der Waals surface area contributed by atoms with Gasteiger partial charge in [0, 0.05) is 5.33 Å². The van der Waals surface area contributed by atoms with E-state index in [1.54, 1.807) is 0 Å². The molecule has 0 heterocycles. The molecule has 0 aliphatic rings. The fourth-order valence-corrected chi connectivity index (χ4v) is 0.819. The highest BCUT2D eigenvalue weighted by Crippen LogP contribution is 2.15. The first kappa shape index (κ1) is 9.40. The standard InChI is InChI=1S/C6H13BrO2/c1-6(2,9-8)4-3-5-7/h8H,3-5H2,1-2H3. The molecule has 0 spiro atoms. The summed E-state index contributed by atoms with van der Waals surface area (Å²) in [6.45, 7) is 3.71. The molecule has 0 aliphatic heterocycles. The normalized spacial score (nSPS) is 12.0. The van der Waals surface area contributed by atoms with Crippen LogP contribution >= 0.6 is 15.9 Å². The number of hydrogen-bond acceptors (Lipinski definition) is 2. The van der Waals surface area contributed by atoms with Crippen LogP contribution in [0.2, 0.25) is 0 Å². The van der Waals surface area contributed by atoms with Crippen molar-refractivity contribution in [3.05, 3.63) is 0 Å². The van der Waals surface area contributed by atoms with Gasteiger partial charge in [0.1, 0.15) is 0 Å². The molecule has 3 heteroatoms. The molecule has 0 aromatic rings. The third kappa shape index (κ3) is 4.88. The van der Waals surface area contributed by atoms with E-state index in [9.17, 15) is 0 Å². The summed E-state index contributed by atoms with van der Waals surface area (Å²) in [6, 6.07) is 0. The zero-order chi connectivity index (χ0) is 7.33. The summed E-state index contributed by atoms with van der Waals surface area (Å²) in [5.41, 5.74) is -0.381. The number of alkyl halides is 1. The lowest BCUT2D eigenvalue weighted by atomic mass is 10.0. The summed E-state index contributed by atoms with van der Waals surface area (Å²) >= 11 is 3.29. The molecule has 0 aromatic carbocycles. The molecule has 0 bridgehead atoms. The van der Waals surface area contributed by atoms with Gasteiger partial charge < -0.3 is 0 Å².